The van der Waals surface area contributed by atoms with Crippen molar-refractivity contribution in [2.75, 3.05) is 0 Å². The third-order valence-electron chi connectivity index (χ3n) is 2.72. The highest BCUT2D eigenvalue weighted by Gasteiger charge is 2.21. The molecule has 3 aromatic rings. The van der Waals surface area contributed by atoms with E-state index in [9.17, 15) is 4.79 Å². The van der Waals surface area contributed by atoms with Gasteiger partial charge in [-0.2, -0.15) is 5.10 Å². The van der Waals surface area contributed by atoms with Crippen LogP contribution >= 0.6 is 0 Å². The largest absolute Gasteiger partial charge is 0.443 e. The van der Waals surface area contributed by atoms with Crippen LogP contribution in [0.3, 0.4) is 0 Å². The average Bonchev–Trinajstić information content (AvgIpc) is 3.05. The lowest BCUT2D eigenvalue weighted by atomic mass is 10.2. The van der Waals surface area contributed by atoms with E-state index in [-0.39, 0.29) is 0 Å². The number of ether oxygens (including phenoxy) is 2. The molecule has 3 heterocycles. The van der Waals surface area contributed by atoms with Gasteiger partial charge in [0.05, 0.1) is 17.8 Å². The van der Waals surface area contributed by atoms with Crippen LogP contribution in [0.15, 0.2) is 31.0 Å². The lowest BCUT2D eigenvalue weighted by Gasteiger charge is -2.19. The van der Waals surface area contributed by atoms with E-state index < -0.39 is 11.7 Å². The third-order valence-corrected chi connectivity index (χ3v) is 2.72. The molecule has 3 rings (SSSR count). The van der Waals surface area contributed by atoms with Crippen molar-refractivity contribution in [3.8, 4) is 11.6 Å². The van der Waals surface area contributed by atoms with Crippen LogP contribution in [0.4, 0.5) is 4.79 Å². The van der Waals surface area contributed by atoms with E-state index in [1.54, 1.807) is 39.2 Å². The summed E-state index contributed by atoms with van der Waals surface area (Å²) < 4.78 is 12.3. The van der Waals surface area contributed by atoms with Crippen LogP contribution in [0.2, 0.25) is 0 Å². The Morgan fingerprint density at radius 3 is 2.82 bits per heavy atom. The first kappa shape index (κ1) is 14.1. The molecule has 0 atom stereocenters. The number of hydrogen-bond donors (Lipinski definition) is 1. The molecule has 0 saturated carbocycles. The van der Waals surface area contributed by atoms with Crippen molar-refractivity contribution in [1.82, 2.24) is 24.7 Å². The standard InChI is InChI=1S/C14H15N5O3/c1-14(2,3)22-13(20)19-5-4-10-11(19)15-8-16-12(10)21-9-6-17-18-7-9/h4-8H,1-3H3,(H,17,18). The monoisotopic (exact) mass is 301 g/mol. The van der Waals surface area contributed by atoms with E-state index >= 15 is 0 Å². The molecule has 22 heavy (non-hydrogen) atoms. The summed E-state index contributed by atoms with van der Waals surface area (Å²) in [4.78, 5) is 20.4. The second-order valence-corrected chi connectivity index (χ2v) is 5.62. The zero-order chi connectivity index (χ0) is 15.7. The van der Waals surface area contributed by atoms with E-state index in [0.29, 0.717) is 22.7 Å². The van der Waals surface area contributed by atoms with Crippen molar-refractivity contribution in [3.05, 3.63) is 31.0 Å². The first-order chi connectivity index (χ1) is 10.4. The number of nitrogens with one attached hydrogen (secondary N) is 1. The van der Waals surface area contributed by atoms with E-state index in [0.717, 1.165) is 0 Å². The van der Waals surface area contributed by atoms with Gasteiger partial charge in [-0.05, 0) is 26.8 Å². The molecule has 8 heteroatoms. The topological polar surface area (TPSA) is 94.9 Å². The Morgan fingerprint density at radius 1 is 1.32 bits per heavy atom. The van der Waals surface area contributed by atoms with Crippen LogP contribution in [0.1, 0.15) is 20.8 Å². The van der Waals surface area contributed by atoms with Crippen LogP contribution in [0.25, 0.3) is 11.0 Å². The Morgan fingerprint density at radius 2 is 2.14 bits per heavy atom. The lowest BCUT2D eigenvalue weighted by molar-refractivity contribution is 0.0543. The minimum atomic E-state index is -0.586. The summed E-state index contributed by atoms with van der Waals surface area (Å²) in [6.45, 7) is 5.41. The Bertz CT molecular complexity index is 802. The average molecular weight is 301 g/mol. The Hall–Kier alpha value is -2.90. The molecule has 0 amide bonds. The molecule has 0 saturated heterocycles. The molecular weight excluding hydrogens is 286 g/mol. The molecule has 0 aliphatic heterocycles. The summed E-state index contributed by atoms with van der Waals surface area (Å²) in [6.07, 6.45) is 5.53. The minimum absolute atomic E-state index is 0.341. The first-order valence-corrected chi connectivity index (χ1v) is 6.66. The number of hydrogen-bond acceptors (Lipinski definition) is 6. The molecule has 0 unspecified atom stereocenters. The molecule has 8 nitrogen and oxygen atoms in total. The van der Waals surface area contributed by atoms with Crippen molar-refractivity contribution in [1.29, 1.82) is 0 Å². The Labute approximate surface area is 126 Å². The molecule has 1 N–H and O–H groups in total. The Balaban J connectivity index is 1.96. The summed E-state index contributed by atoms with van der Waals surface area (Å²) in [5, 5.41) is 7.05. The fraction of sp³-hybridized carbons (Fsp3) is 0.286. The maximum absolute atomic E-state index is 12.2. The van der Waals surface area contributed by atoms with Gasteiger partial charge in [0.25, 0.3) is 0 Å². The number of carbonyl (C=O) groups is 1. The summed E-state index contributed by atoms with van der Waals surface area (Å²) in [5.74, 6) is 0.860. The van der Waals surface area contributed by atoms with Crippen LogP contribution < -0.4 is 4.74 Å². The molecule has 114 valence electrons. The molecule has 0 aliphatic rings. The van der Waals surface area contributed by atoms with Crippen LogP contribution in [0.5, 0.6) is 11.6 Å². The van der Waals surface area contributed by atoms with Crippen molar-refractivity contribution < 1.29 is 14.3 Å². The normalized spacial score (nSPS) is 11.6. The zero-order valence-electron chi connectivity index (χ0n) is 12.4. The van der Waals surface area contributed by atoms with Crippen molar-refractivity contribution in [2.24, 2.45) is 0 Å². The van der Waals surface area contributed by atoms with Crippen LogP contribution in [0, 0.1) is 0 Å². The fourth-order valence-electron chi connectivity index (χ4n) is 1.87. The van der Waals surface area contributed by atoms with E-state index in [1.807, 2.05) is 0 Å². The van der Waals surface area contributed by atoms with Gasteiger partial charge in [0, 0.05) is 6.20 Å². The fourth-order valence-corrected chi connectivity index (χ4v) is 1.87. The second-order valence-electron chi connectivity index (χ2n) is 5.62. The predicted molar refractivity (Wildman–Crippen MR) is 77.8 cm³/mol. The molecule has 0 fully saturated rings. The number of aromatic amines is 1. The summed E-state index contributed by atoms with van der Waals surface area (Å²) in [6, 6.07) is 1.70. The van der Waals surface area contributed by atoms with Crippen molar-refractivity contribution in [3.63, 3.8) is 0 Å². The number of nitrogens with zero attached hydrogens (tertiary/aromatic N) is 4. The van der Waals surface area contributed by atoms with Gasteiger partial charge in [0.1, 0.15) is 11.9 Å². The summed E-state index contributed by atoms with van der Waals surface area (Å²) in [7, 11) is 0. The van der Waals surface area contributed by atoms with Gasteiger partial charge in [-0.25, -0.2) is 19.3 Å². The Kier molecular flexibility index (Phi) is 3.28. The molecule has 0 aliphatic carbocycles. The number of carbonyl (C=O) groups excluding carboxylic acids is 1. The van der Waals surface area contributed by atoms with Gasteiger partial charge in [0.2, 0.25) is 5.88 Å². The quantitative estimate of drug-likeness (QED) is 0.782. The molecular formula is C14H15N5O3. The predicted octanol–water partition coefficient (Wildman–Crippen LogP) is 2.73. The van der Waals surface area contributed by atoms with Crippen LogP contribution in [-0.2, 0) is 4.74 Å². The van der Waals surface area contributed by atoms with Gasteiger partial charge >= 0.3 is 6.09 Å². The molecule has 0 spiro atoms. The highest BCUT2D eigenvalue weighted by atomic mass is 16.6. The van der Waals surface area contributed by atoms with E-state index in [2.05, 4.69) is 20.2 Å². The maximum Gasteiger partial charge on any atom is 0.420 e. The number of H-pyrrole nitrogens is 1. The van der Waals surface area contributed by atoms with Crippen LogP contribution in [-0.4, -0.2) is 36.4 Å². The lowest BCUT2D eigenvalue weighted by Crippen LogP contribution is -2.26. The second kappa shape index (κ2) is 5.14. The number of aromatic nitrogens is 5. The highest BCUT2D eigenvalue weighted by Crippen LogP contribution is 2.27. The van der Waals surface area contributed by atoms with Crippen molar-refractivity contribution in [2.45, 2.75) is 26.4 Å². The minimum Gasteiger partial charge on any atom is -0.443 e. The van der Waals surface area contributed by atoms with Crippen molar-refractivity contribution >= 4 is 17.1 Å². The van der Waals surface area contributed by atoms with Gasteiger partial charge < -0.3 is 9.47 Å². The zero-order valence-corrected chi connectivity index (χ0v) is 12.4. The molecule has 0 radical (unpaired) electrons. The number of fused-ring (bicyclic) bond motifs is 1. The molecule has 0 bridgehead atoms. The SMILES string of the molecule is CC(C)(C)OC(=O)n1ccc2c(Oc3cn[nH]c3)ncnc21. The first-order valence-electron chi connectivity index (χ1n) is 6.66. The van der Waals surface area contributed by atoms with Gasteiger partial charge in [0.15, 0.2) is 11.4 Å². The molecule has 3 aromatic heterocycles. The van der Waals surface area contributed by atoms with Gasteiger partial charge in [-0.1, -0.05) is 0 Å². The highest BCUT2D eigenvalue weighted by molar-refractivity contribution is 5.89. The summed E-state index contributed by atoms with van der Waals surface area (Å²) in [5.41, 5.74) is -0.167. The van der Waals surface area contributed by atoms with E-state index in [4.69, 9.17) is 9.47 Å². The third kappa shape index (κ3) is 2.76. The number of rotatable bonds is 2. The summed E-state index contributed by atoms with van der Waals surface area (Å²) >= 11 is 0. The smallest absolute Gasteiger partial charge is 0.420 e. The van der Waals surface area contributed by atoms with Gasteiger partial charge in [-0.15, -0.1) is 0 Å². The van der Waals surface area contributed by atoms with E-state index in [1.165, 1.54) is 17.1 Å². The van der Waals surface area contributed by atoms with Gasteiger partial charge in [-0.3, -0.25) is 5.10 Å². The maximum atomic E-state index is 12.2. The molecule has 0 aromatic carbocycles.